The number of carbonyl (C=O) groups is 1. The average Bonchev–Trinajstić information content (AvgIpc) is 2.26. The first kappa shape index (κ1) is 10.4. The van der Waals surface area contributed by atoms with E-state index in [1.165, 1.54) is 11.0 Å². The molecule has 82 valence electrons. The fourth-order valence-electron chi connectivity index (χ4n) is 1.63. The third-order valence-electron chi connectivity index (χ3n) is 2.46. The van der Waals surface area contributed by atoms with Crippen LogP contribution in [0.15, 0.2) is 23.2 Å². The lowest BCUT2D eigenvalue weighted by atomic mass is 10.2. The molecule has 5 heteroatoms. The number of hydrogen-bond acceptors (Lipinski definition) is 4. The van der Waals surface area contributed by atoms with Crippen LogP contribution in [-0.2, 0) is 9.59 Å². The lowest BCUT2D eigenvalue weighted by molar-refractivity contribution is -0.125. The Morgan fingerprint density at radius 2 is 2.25 bits per heavy atom. The minimum Gasteiger partial charge on any atom is -0.479 e. The smallest absolute Gasteiger partial charge is 0.267 e. The number of rotatable bonds is 1. The highest BCUT2D eigenvalue weighted by Gasteiger charge is 2.28. The molecule has 1 aliphatic rings. The lowest BCUT2D eigenvalue weighted by Crippen LogP contribution is -2.41. The van der Waals surface area contributed by atoms with E-state index in [2.05, 4.69) is 4.99 Å². The fourth-order valence-corrected chi connectivity index (χ4v) is 1.63. The van der Waals surface area contributed by atoms with Gasteiger partial charge in [0.2, 0.25) is 6.08 Å². The standard InChI is InChI=1S/C11H10N2O3/c1-7-11(15)13(2)9-4-3-8(12-6-14)5-10(9)16-7/h3-5,7H,1-2H3. The summed E-state index contributed by atoms with van der Waals surface area (Å²) >= 11 is 0. The van der Waals surface area contributed by atoms with Gasteiger partial charge in [0.25, 0.3) is 5.91 Å². The number of benzene rings is 1. The topological polar surface area (TPSA) is 59.0 Å². The van der Waals surface area contributed by atoms with Crippen molar-refractivity contribution in [3.63, 3.8) is 0 Å². The zero-order valence-corrected chi connectivity index (χ0v) is 8.93. The summed E-state index contributed by atoms with van der Waals surface area (Å²) < 4.78 is 5.42. The van der Waals surface area contributed by atoms with Crippen LogP contribution in [-0.4, -0.2) is 25.1 Å². The Morgan fingerprint density at radius 3 is 2.94 bits per heavy atom. The molecule has 0 saturated carbocycles. The maximum atomic E-state index is 11.6. The summed E-state index contributed by atoms with van der Waals surface area (Å²) in [6.45, 7) is 1.68. The molecule has 1 atom stereocenters. The van der Waals surface area contributed by atoms with Crippen LogP contribution in [0.5, 0.6) is 5.75 Å². The summed E-state index contributed by atoms with van der Waals surface area (Å²) in [6, 6.07) is 4.93. The van der Waals surface area contributed by atoms with E-state index in [1.54, 1.807) is 32.2 Å². The van der Waals surface area contributed by atoms with Gasteiger partial charge in [0.05, 0.1) is 11.4 Å². The summed E-state index contributed by atoms with van der Waals surface area (Å²) in [4.78, 5) is 26.8. The van der Waals surface area contributed by atoms with Crippen LogP contribution in [0.25, 0.3) is 0 Å². The van der Waals surface area contributed by atoms with Crippen LogP contribution in [0.2, 0.25) is 0 Å². The zero-order chi connectivity index (χ0) is 11.7. The second kappa shape index (κ2) is 3.79. The molecule has 1 aromatic rings. The summed E-state index contributed by atoms with van der Waals surface area (Å²) in [6.07, 6.45) is 0.940. The number of aliphatic imine (C=N–C) groups is 1. The molecule has 0 fully saturated rings. The highest BCUT2D eigenvalue weighted by Crippen LogP contribution is 2.35. The summed E-state index contributed by atoms with van der Waals surface area (Å²) in [5.74, 6) is 0.449. The highest BCUT2D eigenvalue weighted by molar-refractivity contribution is 5.99. The van der Waals surface area contributed by atoms with Crippen LogP contribution in [0, 0.1) is 0 Å². The van der Waals surface area contributed by atoms with Gasteiger partial charge in [-0.15, -0.1) is 0 Å². The Balaban J connectivity index is 2.48. The van der Waals surface area contributed by atoms with Gasteiger partial charge < -0.3 is 9.64 Å². The molecule has 5 nitrogen and oxygen atoms in total. The summed E-state index contributed by atoms with van der Waals surface area (Å²) in [5, 5.41) is 0. The van der Waals surface area contributed by atoms with Crippen molar-refractivity contribution in [3.8, 4) is 5.75 Å². The van der Waals surface area contributed by atoms with E-state index in [-0.39, 0.29) is 5.91 Å². The van der Waals surface area contributed by atoms with Crippen LogP contribution in [0.4, 0.5) is 11.4 Å². The molecule has 0 spiro atoms. The van der Waals surface area contributed by atoms with Gasteiger partial charge in [-0.05, 0) is 19.1 Å². The minimum atomic E-state index is -0.520. The molecular weight excluding hydrogens is 208 g/mol. The summed E-state index contributed by atoms with van der Waals surface area (Å²) in [7, 11) is 1.68. The van der Waals surface area contributed by atoms with Crippen molar-refractivity contribution in [1.29, 1.82) is 0 Å². The van der Waals surface area contributed by atoms with Crippen molar-refractivity contribution >= 4 is 23.4 Å². The van der Waals surface area contributed by atoms with Crippen molar-refractivity contribution in [2.75, 3.05) is 11.9 Å². The zero-order valence-electron chi connectivity index (χ0n) is 8.93. The van der Waals surface area contributed by atoms with E-state index in [0.29, 0.717) is 17.1 Å². The first-order valence-electron chi connectivity index (χ1n) is 4.79. The van der Waals surface area contributed by atoms with E-state index in [9.17, 15) is 9.59 Å². The Kier molecular flexibility index (Phi) is 2.46. The average molecular weight is 218 g/mol. The molecule has 1 unspecified atom stereocenters. The van der Waals surface area contributed by atoms with Gasteiger partial charge in [-0.2, -0.15) is 4.99 Å². The number of ether oxygens (including phenoxy) is 1. The maximum Gasteiger partial charge on any atom is 0.267 e. The number of hydrogen-bond donors (Lipinski definition) is 0. The van der Waals surface area contributed by atoms with Crippen LogP contribution >= 0.6 is 0 Å². The highest BCUT2D eigenvalue weighted by atomic mass is 16.5. The van der Waals surface area contributed by atoms with E-state index >= 15 is 0 Å². The number of amides is 1. The first-order valence-corrected chi connectivity index (χ1v) is 4.79. The van der Waals surface area contributed by atoms with Gasteiger partial charge in [0, 0.05) is 13.1 Å². The van der Waals surface area contributed by atoms with Crippen molar-refractivity contribution in [3.05, 3.63) is 18.2 Å². The fraction of sp³-hybridized carbons (Fsp3) is 0.273. The lowest BCUT2D eigenvalue weighted by Gasteiger charge is -2.30. The normalized spacial score (nSPS) is 18.5. The van der Waals surface area contributed by atoms with Crippen LogP contribution in [0.3, 0.4) is 0 Å². The van der Waals surface area contributed by atoms with E-state index in [0.717, 1.165) is 0 Å². The predicted molar refractivity (Wildman–Crippen MR) is 57.7 cm³/mol. The van der Waals surface area contributed by atoms with Crippen LogP contribution < -0.4 is 9.64 Å². The van der Waals surface area contributed by atoms with Crippen molar-refractivity contribution in [2.24, 2.45) is 4.99 Å². The molecule has 0 radical (unpaired) electrons. The van der Waals surface area contributed by atoms with Crippen LogP contribution in [0.1, 0.15) is 6.92 Å². The van der Waals surface area contributed by atoms with Gasteiger partial charge in [-0.3, -0.25) is 4.79 Å². The second-order valence-corrected chi connectivity index (χ2v) is 3.51. The summed E-state index contributed by atoms with van der Waals surface area (Å²) in [5.41, 5.74) is 1.14. The molecule has 1 aromatic carbocycles. The second-order valence-electron chi connectivity index (χ2n) is 3.51. The number of likely N-dealkylation sites (N-methyl/N-ethyl adjacent to an activating group) is 1. The quantitative estimate of drug-likeness (QED) is 0.528. The van der Waals surface area contributed by atoms with Gasteiger partial charge in [-0.25, -0.2) is 4.79 Å². The Morgan fingerprint density at radius 1 is 1.50 bits per heavy atom. The molecule has 0 aromatic heterocycles. The Labute approximate surface area is 92.3 Å². The molecule has 0 N–H and O–H groups in total. The minimum absolute atomic E-state index is 0.0980. The number of nitrogens with zero attached hydrogens (tertiary/aromatic N) is 2. The molecule has 1 heterocycles. The van der Waals surface area contributed by atoms with E-state index in [1.807, 2.05) is 0 Å². The molecule has 1 aliphatic heterocycles. The Bertz CT molecular complexity index is 492. The number of anilines is 1. The SMILES string of the molecule is CC1Oc2cc(N=C=O)ccc2N(C)C1=O. The molecule has 0 aliphatic carbocycles. The third kappa shape index (κ3) is 1.57. The third-order valence-corrected chi connectivity index (χ3v) is 2.46. The monoisotopic (exact) mass is 218 g/mol. The van der Waals surface area contributed by atoms with Gasteiger partial charge in [0.1, 0.15) is 5.75 Å². The molecule has 0 saturated heterocycles. The molecule has 1 amide bonds. The van der Waals surface area contributed by atoms with Crippen molar-refractivity contribution in [2.45, 2.75) is 13.0 Å². The maximum absolute atomic E-state index is 11.6. The Hall–Kier alpha value is -2.13. The molecule has 0 bridgehead atoms. The molecule has 16 heavy (non-hydrogen) atoms. The van der Waals surface area contributed by atoms with Gasteiger partial charge in [-0.1, -0.05) is 0 Å². The number of carbonyl (C=O) groups excluding carboxylic acids is 2. The number of fused-ring (bicyclic) bond motifs is 1. The number of isocyanates is 1. The van der Waals surface area contributed by atoms with E-state index < -0.39 is 6.10 Å². The van der Waals surface area contributed by atoms with Gasteiger partial charge in [0.15, 0.2) is 6.10 Å². The van der Waals surface area contributed by atoms with E-state index in [4.69, 9.17) is 4.74 Å². The van der Waals surface area contributed by atoms with Crippen molar-refractivity contribution in [1.82, 2.24) is 0 Å². The molecule has 2 rings (SSSR count). The largest absolute Gasteiger partial charge is 0.479 e. The molecular formula is C11H10N2O3. The first-order chi connectivity index (χ1) is 7.63. The van der Waals surface area contributed by atoms with Crippen molar-refractivity contribution < 1.29 is 14.3 Å². The predicted octanol–water partition coefficient (Wildman–Crippen LogP) is 1.40. The van der Waals surface area contributed by atoms with Gasteiger partial charge >= 0.3 is 0 Å².